The Hall–Kier alpha value is -2.95. The number of aromatic amines is 1. The third kappa shape index (κ3) is 6.63. The zero-order chi connectivity index (χ0) is 25.5. The van der Waals surface area contributed by atoms with Gasteiger partial charge in [-0.15, -0.1) is 0 Å². The van der Waals surface area contributed by atoms with Gasteiger partial charge in [0.15, 0.2) is 11.5 Å². The molecule has 192 valence electrons. The molecule has 3 N–H and O–H groups in total. The fourth-order valence-corrected chi connectivity index (χ4v) is 5.30. The lowest BCUT2D eigenvalue weighted by Crippen LogP contribution is -2.35. The first kappa shape index (κ1) is 26.1. The molecule has 1 saturated carbocycles. The Morgan fingerprint density at radius 1 is 1.28 bits per heavy atom. The SMILES string of the molecule is CCOCCNC1CCC(c2ccc(NC(=O)c3nc(C#N)c[nH]3)c(C3=CCC(C)(C)CC3)c2)CC1. The Kier molecular flexibility index (Phi) is 8.60. The van der Waals surface area contributed by atoms with E-state index < -0.39 is 0 Å². The Bertz CT molecular complexity index is 1120. The van der Waals surface area contributed by atoms with Gasteiger partial charge in [0.25, 0.3) is 5.91 Å². The van der Waals surface area contributed by atoms with Crippen molar-refractivity contribution >= 4 is 17.2 Å². The zero-order valence-electron chi connectivity index (χ0n) is 21.8. The lowest BCUT2D eigenvalue weighted by Gasteiger charge is -2.31. The molecule has 0 spiro atoms. The number of nitriles is 1. The molecule has 7 heteroatoms. The van der Waals surface area contributed by atoms with Crippen molar-refractivity contribution in [3.8, 4) is 6.07 Å². The van der Waals surface area contributed by atoms with Crippen LogP contribution in [0.15, 0.2) is 30.5 Å². The summed E-state index contributed by atoms with van der Waals surface area (Å²) < 4.78 is 5.45. The number of benzene rings is 1. The molecule has 1 amide bonds. The van der Waals surface area contributed by atoms with Crippen LogP contribution in [0.25, 0.3) is 5.57 Å². The second-order valence-corrected chi connectivity index (χ2v) is 10.8. The molecule has 0 radical (unpaired) electrons. The molecule has 0 bridgehead atoms. The monoisotopic (exact) mass is 489 g/mol. The lowest BCUT2D eigenvalue weighted by atomic mass is 9.76. The Morgan fingerprint density at radius 2 is 2.08 bits per heavy atom. The van der Waals surface area contributed by atoms with Crippen molar-refractivity contribution in [1.82, 2.24) is 15.3 Å². The van der Waals surface area contributed by atoms with Crippen molar-refractivity contribution in [2.24, 2.45) is 5.41 Å². The molecule has 1 aromatic heterocycles. The van der Waals surface area contributed by atoms with Gasteiger partial charge >= 0.3 is 0 Å². The molecule has 2 aromatic rings. The number of aromatic nitrogens is 2. The number of carbonyl (C=O) groups excluding carboxylic acids is 1. The van der Waals surface area contributed by atoms with Gasteiger partial charge in [0.1, 0.15) is 6.07 Å². The van der Waals surface area contributed by atoms with Crippen LogP contribution in [0, 0.1) is 16.7 Å². The Labute approximate surface area is 214 Å². The van der Waals surface area contributed by atoms with Crippen molar-refractivity contribution in [3.05, 3.63) is 53.1 Å². The number of rotatable bonds is 9. The number of hydrogen-bond donors (Lipinski definition) is 3. The molecule has 0 atom stereocenters. The highest BCUT2D eigenvalue weighted by atomic mass is 16.5. The van der Waals surface area contributed by atoms with E-state index in [1.54, 1.807) is 0 Å². The predicted octanol–water partition coefficient (Wildman–Crippen LogP) is 5.78. The highest BCUT2D eigenvalue weighted by Crippen LogP contribution is 2.42. The standard InChI is InChI=1S/C29H39N5O2/c1-4-36-16-15-31-23-8-5-20(6-9-23)22-7-10-26(34-28(35)27-32-19-24(18-30)33-27)25(17-22)21-11-13-29(2,3)14-12-21/h7,10-11,17,19-20,23,31H,4-6,8-9,12-16H2,1-3H3,(H,32,33)(H,34,35). The molecule has 7 nitrogen and oxygen atoms in total. The highest BCUT2D eigenvalue weighted by Gasteiger charge is 2.26. The first-order valence-corrected chi connectivity index (χ1v) is 13.3. The maximum Gasteiger partial charge on any atom is 0.291 e. The molecule has 0 aliphatic heterocycles. The molecule has 2 aliphatic rings. The number of H-pyrrole nitrogens is 1. The Balaban J connectivity index is 1.50. The summed E-state index contributed by atoms with van der Waals surface area (Å²) in [5.41, 5.74) is 5.08. The van der Waals surface area contributed by atoms with Gasteiger partial charge in [0.05, 0.1) is 6.61 Å². The number of anilines is 1. The maximum atomic E-state index is 12.9. The van der Waals surface area contributed by atoms with Crippen LogP contribution in [-0.4, -0.2) is 41.7 Å². The van der Waals surface area contributed by atoms with Gasteiger partial charge in [-0.2, -0.15) is 5.26 Å². The van der Waals surface area contributed by atoms with Crippen LogP contribution >= 0.6 is 0 Å². The zero-order valence-corrected chi connectivity index (χ0v) is 21.8. The quantitative estimate of drug-likeness (QED) is 0.388. The van der Waals surface area contributed by atoms with Gasteiger partial charge in [-0.1, -0.05) is 26.0 Å². The Morgan fingerprint density at radius 3 is 2.75 bits per heavy atom. The normalized spacial score (nSPS) is 21.4. The molecular formula is C29H39N5O2. The minimum atomic E-state index is -0.333. The first-order chi connectivity index (χ1) is 17.4. The average molecular weight is 490 g/mol. The first-order valence-electron chi connectivity index (χ1n) is 13.3. The number of allylic oxidation sites excluding steroid dienone is 2. The van der Waals surface area contributed by atoms with Crippen LogP contribution in [0.3, 0.4) is 0 Å². The third-order valence-electron chi connectivity index (χ3n) is 7.60. The molecule has 4 rings (SSSR count). The van der Waals surface area contributed by atoms with Crippen LogP contribution in [0.5, 0.6) is 0 Å². The van der Waals surface area contributed by atoms with E-state index in [9.17, 15) is 4.79 Å². The van der Waals surface area contributed by atoms with E-state index in [1.807, 2.05) is 19.1 Å². The summed E-state index contributed by atoms with van der Waals surface area (Å²) in [6.45, 7) is 9.10. The second kappa shape index (κ2) is 11.9. The van der Waals surface area contributed by atoms with Crippen molar-refractivity contribution in [2.45, 2.75) is 77.7 Å². The van der Waals surface area contributed by atoms with Gasteiger partial charge < -0.3 is 20.4 Å². The maximum absolute atomic E-state index is 12.9. The molecule has 2 aliphatic carbocycles. The van der Waals surface area contributed by atoms with Gasteiger partial charge in [-0.3, -0.25) is 4.79 Å². The topological polar surface area (TPSA) is 103 Å². The van der Waals surface area contributed by atoms with Crippen molar-refractivity contribution in [2.75, 3.05) is 25.1 Å². The predicted molar refractivity (Wildman–Crippen MR) is 143 cm³/mol. The molecule has 36 heavy (non-hydrogen) atoms. The van der Waals surface area contributed by atoms with Gasteiger partial charge in [0, 0.05) is 36.6 Å². The second-order valence-electron chi connectivity index (χ2n) is 10.8. The fourth-order valence-electron chi connectivity index (χ4n) is 5.30. The minimum absolute atomic E-state index is 0.149. The molecule has 1 aromatic carbocycles. The number of imidazole rings is 1. The van der Waals surface area contributed by atoms with Crippen LogP contribution in [0.2, 0.25) is 0 Å². The molecular weight excluding hydrogens is 450 g/mol. The van der Waals surface area contributed by atoms with Gasteiger partial charge in [-0.25, -0.2) is 4.98 Å². The average Bonchev–Trinajstić information content (AvgIpc) is 3.37. The van der Waals surface area contributed by atoms with E-state index in [0.29, 0.717) is 17.4 Å². The molecule has 0 saturated heterocycles. The number of amides is 1. The van der Waals surface area contributed by atoms with Crippen LogP contribution in [0.1, 0.15) is 99.1 Å². The number of carbonyl (C=O) groups is 1. The summed E-state index contributed by atoms with van der Waals surface area (Å²) in [5, 5.41) is 15.7. The highest BCUT2D eigenvalue weighted by molar-refractivity contribution is 6.03. The lowest BCUT2D eigenvalue weighted by molar-refractivity contribution is 0.101. The number of nitrogens with one attached hydrogen (secondary N) is 3. The summed E-state index contributed by atoms with van der Waals surface area (Å²) in [4.78, 5) is 19.7. The van der Waals surface area contributed by atoms with Crippen molar-refractivity contribution in [1.29, 1.82) is 5.26 Å². The summed E-state index contributed by atoms with van der Waals surface area (Å²) in [6.07, 6.45) is 11.6. The molecule has 0 unspecified atom stereocenters. The van der Waals surface area contributed by atoms with Crippen molar-refractivity contribution in [3.63, 3.8) is 0 Å². The van der Waals surface area contributed by atoms with E-state index in [2.05, 4.69) is 52.7 Å². The molecule has 1 fully saturated rings. The van der Waals surface area contributed by atoms with Crippen molar-refractivity contribution < 1.29 is 9.53 Å². The number of nitrogens with zero attached hydrogens (tertiary/aromatic N) is 2. The molecule has 1 heterocycles. The van der Waals surface area contributed by atoms with E-state index in [4.69, 9.17) is 10.00 Å². The van der Waals surface area contributed by atoms with Crippen LogP contribution < -0.4 is 10.6 Å². The summed E-state index contributed by atoms with van der Waals surface area (Å²) in [6, 6.07) is 9.04. The van der Waals surface area contributed by atoms with E-state index in [1.165, 1.54) is 30.2 Å². The summed E-state index contributed by atoms with van der Waals surface area (Å²) >= 11 is 0. The fraction of sp³-hybridized carbons (Fsp3) is 0.552. The van der Waals surface area contributed by atoms with Crippen LogP contribution in [0.4, 0.5) is 5.69 Å². The van der Waals surface area contributed by atoms with E-state index in [0.717, 1.165) is 63.1 Å². The van der Waals surface area contributed by atoms with E-state index >= 15 is 0 Å². The van der Waals surface area contributed by atoms with Crippen LogP contribution in [-0.2, 0) is 4.74 Å². The number of hydrogen-bond acceptors (Lipinski definition) is 5. The summed E-state index contributed by atoms with van der Waals surface area (Å²) in [7, 11) is 0. The smallest absolute Gasteiger partial charge is 0.291 e. The van der Waals surface area contributed by atoms with Gasteiger partial charge in [-0.05, 0) is 86.5 Å². The van der Waals surface area contributed by atoms with Gasteiger partial charge in [0.2, 0.25) is 0 Å². The largest absolute Gasteiger partial charge is 0.380 e. The summed E-state index contributed by atoms with van der Waals surface area (Å²) in [5.74, 6) is 0.346. The van der Waals surface area contributed by atoms with E-state index in [-0.39, 0.29) is 17.4 Å². The third-order valence-corrected chi connectivity index (χ3v) is 7.60. The number of ether oxygens (including phenoxy) is 1. The minimum Gasteiger partial charge on any atom is -0.380 e.